The average Bonchev–Trinajstić information content (AvgIpc) is 2.70. The minimum atomic E-state index is -0.380. The lowest BCUT2D eigenvalue weighted by atomic mass is 9.78. The summed E-state index contributed by atoms with van der Waals surface area (Å²) in [7, 11) is 0. The van der Waals surface area contributed by atoms with E-state index >= 15 is 0 Å². The van der Waals surface area contributed by atoms with Gasteiger partial charge in [-0.1, -0.05) is 83.6 Å². The summed E-state index contributed by atoms with van der Waals surface area (Å²) in [5.74, 6) is 0.401. The second-order valence-corrected chi connectivity index (χ2v) is 11.7. The third kappa shape index (κ3) is 5.77. The molecule has 3 aromatic carbocycles. The summed E-state index contributed by atoms with van der Waals surface area (Å²) in [4.78, 5) is 12.7. The molecule has 3 rings (SSSR count). The van der Waals surface area contributed by atoms with Crippen LogP contribution >= 0.6 is 11.8 Å². The lowest BCUT2D eigenvalue weighted by Gasteiger charge is -2.30. The summed E-state index contributed by atoms with van der Waals surface area (Å²) in [6.07, 6.45) is 0.719. The number of rotatable bonds is 5. The van der Waals surface area contributed by atoms with Crippen LogP contribution in [-0.4, -0.2) is 10.0 Å². The lowest BCUT2D eigenvalue weighted by Crippen LogP contribution is -2.19. The number of aromatic hydroxyl groups is 1. The minimum absolute atomic E-state index is 0.108. The van der Waals surface area contributed by atoms with Crippen LogP contribution in [0.5, 0.6) is 5.75 Å². The van der Waals surface area contributed by atoms with Crippen LogP contribution in [0.1, 0.15) is 69.4 Å². The van der Waals surface area contributed by atoms with Crippen molar-refractivity contribution in [1.29, 1.82) is 0 Å². The van der Waals surface area contributed by atoms with Crippen LogP contribution in [0.4, 0.5) is 5.69 Å². The van der Waals surface area contributed by atoms with Crippen molar-refractivity contribution in [2.45, 2.75) is 75.5 Å². The van der Waals surface area contributed by atoms with Gasteiger partial charge in [-0.15, -0.1) is 0 Å². The molecule has 4 nitrogen and oxygen atoms in total. The Morgan fingerprint density at radius 1 is 0.879 bits per heavy atom. The zero-order valence-electron chi connectivity index (χ0n) is 20.5. The molecule has 0 saturated heterocycles. The van der Waals surface area contributed by atoms with Gasteiger partial charge in [0.25, 0.3) is 5.69 Å². The van der Waals surface area contributed by atoms with Crippen molar-refractivity contribution in [1.82, 2.24) is 0 Å². The number of phenolic OH excluding ortho intramolecular Hbond substituents is 1. The van der Waals surface area contributed by atoms with Gasteiger partial charge in [-0.2, -0.15) is 0 Å². The zero-order valence-corrected chi connectivity index (χ0v) is 21.3. The smallest absolute Gasteiger partial charge is 0.269 e. The van der Waals surface area contributed by atoms with E-state index in [4.69, 9.17) is 0 Å². The first kappa shape index (κ1) is 24.8. The predicted molar refractivity (Wildman–Crippen MR) is 137 cm³/mol. The van der Waals surface area contributed by atoms with E-state index < -0.39 is 0 Å². The molecular formula is C28H33NO3S. The molecule has 3 aromatic rings. The second kappa shape index (κ2) is 9.22. The van der Waals surface area contributed by atoms with Gasteiger partial charge in [-0.3, -0.25) is 10.1 Å². The number of nitrogens with zero attached hydrogens (tertiary/aromatic N) is 1. The lowest BCUT2D eigenvalue weighted by molar-refractivity contribution is -0.384. The molecular weight excluding hydrogens is 430 g/mol. The zero-order chi connectivity index (χ0) is 24.6. The van der Waals surface area contributed by atoms with E-state index in [2.05, 4.69) is 78.8 Å². The molecule has 0 aliphatic carbocycles. The Balaban J connectivity index is 1.89. The Morgan fingerprint density at radius 2 is 1.39 bits per heavy atom. The van der Waals surface area contributed by atoms with Crippen molar-refractivity contribution in [3.63, 3.8) is 0 Å². The van der Waals surface area contributed by atoms with Gasteiger partial charge in [-0.05, 0) is 58.6 Å². The first-order valence-corrected chi connectivity index (χ1v) is 12.0. The summed E-state index contributed by atoms with van der Waals surface area (Å²) in [6, 6.07) is 17.2. The molecule has 1 N–H and O–H groups in total. The molecule has 0 fully saturated rings. The molecule has 0 aromatic heterocycles. The largest absolute Gasteiger partial charge is 0.507 e. The molecule has 0 radical (unpaired) electrons. The van der Waals surface area contributed by atoms with Gasteiger partial charge in [0, 0.05) is 27.5 Å². The van der Waals surface area contributed by atoms with Gasteiger partial charge >= 0.3 is 0 Å². The molecule has 0 spiro atoms. The number of non-ortho nitro benzene ring substituents is 1. The van der Waals surface area contributed by atoms with E-state index in [0.717, 1.165) is 38.5 Å². The van der Waals surface area contributed by atoms with E-state index in [-0.39, 0.29) is 21.4 Å². The van der Waals surface area contributed by atoms with Crippen molar-refractivity contribution in [2.75, 3.05) is 0 Å². The third-order valence-electron chi connectivity index (χ3n) is 5.69. The Labute approximate surface area is 201 Å². The average molecular weight is 464 g/mol. The minimum Gasteiger partial charge on any atom is -0.507 e. The molecule has 5 heteroatoms. The molecule has 0 bridgehead atoms. The van der Waals surface area contributed by atoms with Crippen molar-refractivity contribution >= 4 is 17.4 Å². The highest BCUT2D eigenvalue weighted by Gasteiger charge is 2.30. The molecule has 33 heavy (non-hydrogen) atoms. The number of nitro groups is 1. The van der Waals surface area contributed by atoms with Crippen molar-refractivity contribution in [2.24, 2.45) is 0 Å². The van der Waals surface area contributed by atoms with E-state index in [1.165, 1.54) is 5.56 Å². The van der Waals surface area contributed by atoms with E-state index in [0.29, 0.717) is 5.75 Å². The SMILES string of the molecule is Cc1cc(C(C)(C)C)c(O)c(C(C)(C)C)c1Sc1ccc(Cc2ccc([N+](=O)[O-])cc2)cc1. The van der Waals surface area contributed by atoms with Crippen LogP contribution in [0.3, 0.4) is 0 Å². The Bertz CT molecular complexity index is 1150. The van der Waals surface area contributed by atoms with Crippen LogP contribution in [0.2, 0.25) is 0 Å². The van der Waals surface area contributed by atoms with Crippen molar-refractivity contribution in [3.8, 4) is 5.75 Å². The number of nitro benzene ring substituents is 1. The first-order chi connectivity index (χ1) is 15.3. The summed E-state index contributed by atoms with van der Waals surface area (Å²) in [6.45, 7) is 14.9. The van der Waals surface area contributed by atoms with Gasteiger partial charge in [0.2, 0.25) is 0 Å². The number of hydrogen-bond acceptors (Lipinski definition) is 4. The van der Waals surface area contributed by atoms with E-state index in [1.807, 2.05) is 0 Å². The summed E-state index contributed by atoms with van der Waals surface area (Å²) in [5, 5.41) is 22.1. The number of aryl methyl sites for hydroxylation is 1. The van der Waals surface area contributed by atoms with Gasteiger partial charge in [0.15, 0.2) is 0 Å². The highest BCUT2D eigenvalue weighted by molar-refractivity contribution is 7.99. The fourth-order valence-corrected chi connectivity index (χ4v) is 5.19. The molecule has 0 atom stereocenters. The number of hydrogen-bond donors (Lipinski definition) is 1. The molecule has 174 valence electrons. The van der Waals surface area contributed by atoms with E-state index in [9.17, 15) is 15.2 Å². The monoisotopic (exact) mass is 463 g/mol. The van der Waals surface area contributed by atoms with Crippen molar-refractivity contribution < 1.29 is 10.0 Å². The van der Waals surface area contributed by atoms with Crippen LogP contribution in [0.15, 0.2) is 64.4 Å². The molecule has 0 unspecified atom stereocenters. The fraction of sp³-hybridized carbons (Fsp3) is 0.357. The van der Waals surface area contributed by atoms with Crippen LogP contribution in [0.25, 0.3) is 0 Å². The highest BCUT2D eigenvalue weighted by Crippen LogP contribution is 2.47. The maximum absolute atomic E-state index is 11.2. The van der Waals surface area contributed by atoms with Gasteiger partial charge in [0.05, 0.1) is 4.92 Å². The number of benzene rings is 3. The first-order valence-electron chi connectivity index (χ1n) is 11.1. The van der Waals surface area contributed by atoms with Crippen LogP contribution < -0.4 is 0 Å². The predicted octanol–water partition coefficient (Wildman–Crippen LogP) is 7.95. The third-order valence-corrected chi connectivity index (χ3v) is 6.93. The summed E-state index contributed by atoms with van der Waals surface area (Å²) >= 11 is 1.69. The maximum Gasteiger partial charge on any atom is 0.269 e. The quantitative estimate of drug-likeness (QED) is 0.308. The van der Waals surface area contributed by atoms with Crippen molar-refractivity contribution in [3.05, 3.63) is 92.5 Å². The Hall–Kier alpha value is -2.79. The van der Waals surface area contributed by atoms with E-state index in [1.54, 1.807) is 36.0 Å². The fourth-order valence-electron chi connectivity index (χ4n) is 3.95. The molecule has 0 amide bonds. The van der Waals surface area contributed by atoms with Gasteiger partial charge in [-0.25, -0.2) is 0 Å². The Morgan fingerprint density at radius 3 is 1.85 bits per heavy atom. The summed E-state index contributed by atoms with van der Waals surface area (Å²) in [5.41, 5.74) is 5.09. The standard InChI is InChI=1S/C28H33NO3S/c1-18-16-23(27(2,3)4)25(30)24(28(5,6)7)26(18)33-22-14-10-20(11-15-22)17-19-8-12-21(13-9-19)29(31)32/h8-16,30H,17H2,1-7H3. The van der Waals surface area contributed by atoms with Crippen LogP contribution in [-0.2, 0) is 17.3 Å². The molecule has 0 saturated carbocycles. The summed E-state index contributed by atoms with van der Waals surface area (Å²) < 4.78 is 0. The normalized spacial score (nSPS) is 12.1. The number of phenols is 1. The van der Waals surface area contributed by atoms with Gasteiger partial charge < -0.3 is 5.11 Å². The Kier molecular flexibility index (Phi) is 6.94. The molecule has 0 aliphatic heterocycles. The maximum atomic E-state index is 11.2. The highest BCUT2D eigenvalue weighted by atomic mass is 32.2. The second-order valence-electron chi connectivity index (χ2n) is 10.6. The van der Waals surface area contributed by atoms with Gasteiger partial charge in [0.1, 0.15) is 5.75 Å². The molecule has 0 aliphatic rings. The topological polar surface area (TPSA) is 63.4 Å². The molecule has 0 heterocycles. The van der Waals surface area contributed by atoms with Crippen LogP contribution in [0, 0.1) is 17.0 Å².